The van der Waals surface area contributed by atoms with E-state index >= 15 is 0 Å². The van der Waals surface area contributed by atoms with Gasteiger partial charge in [0.15, 0.2) is 17.2 Å². The molecule has 1 aliphatic rings. The summed E-state index contributed by atoms with van der Waals surface area (Å²) in [4.78, 5) is 25.6. The molecule has 4 aromatic rings. The minimum Gasteiger partial charge on any atom is -0.493 e. The number of carbonyl (C=O) groups excluding carboxylic acids is 1. The van der Waals surface area contributed by atoms with E-state index in [-0.39, 0.29) is 45.8 Å². The fourth-order valence-electron chi connectivity index (χ4n) is 4.10. The van der Waals surface area contributed by atoms with Gasteiger partial charge in [0.2, 0.25) is 17.4 Å². The number of benzene rings is 2. The summed E-state index contributed by atoms with van der Waals surface area (Å²) in [6.07, 6.45) is 1.34. The molecule has 0 saturated heterocycles. The fraction of sp³-hybridized carbons (Fsp3) is 0.115. The van der Waals surface area contributed by atoms with E-state index in [9.17, 15) is 14.9 Å². The van der Waals surface area contributed by atoms with Gasteiger partial charge in [0.1, 0.15) is 17.2 Å². The van der Waals surface area contributed by atoms with Gasteiger partial charge in [-0.3, -0.25) is 0 Å². The van der Waals surface area contributed by atoms with Crippen molar-refractivity contribution < 1.29 is 32.6 Å². The van der Waals surface area contributed by atoms with Crippen LogP contribution in [0, 0.1) is 11.3 Å². The zero-order chi connectivity index (χ0) is 25.4. The van der Waals surface area contributed by atoms with Gasteiger partial charge in [-0.25, -0.2) is 9.59 Å². The van der Waals surface area contributed by atoms with Crippen LogP contribution in [-0.2, 0) is 0 Å². The van der Waals surface area contributed by atoms with Gasteiger partial charge >= 0.3 is 11.6 Å². The molecule has 36 heavy (non-hydrogen) atoms. The van der Waals surface area contributed by atoms with E-state index in [1.165, 1.54) is 38.7 Å². The van der Waals surface area contributed by atoms with Crippen LogP contribution >= 0.6 is 0 Å². The number of esters is 1. The molecule has 2 aromatic heterocycles. The van der Waals surface area contributed by atoms with Crippen LogP contribution in [0.1, 0.15) is 27.6 Å². The monoisotopic (exact) mass is 486 g/mol. The number of ether oxygens (including phenoxy) is 4. The van der Waals surface area contributed by atoms with E-state index in [1.54, 1.807) is 30.3 Å². The standard InChI is InChI=1S/C26H18N2O8/c1-31-18-10-13(11-19(32-2)23(18)36-25(29)17-8-5-9-33-17)20-15(12-27)24(28)35-22-14-6-3-4-7-16(14)34-26(30)21(20)22/h3-11,20H,28H2,1-2H3. The van der Waals surface area contributed by atoms with Crippen LogP contribution in [0.15, 0.2) is 79.9 Å². The lowest BCUT2D eigenvalue weighted by Crippen LogP contribution is -2.26. The first-order valence-electron chi connectivity index (χ1n) is 10.6. The Balaban J connectivity index is 1.71. The summed E-state index contributed by atoms with van der Waals surface area (Å²) in [7, 11) is 2.75. The predicted molar refractivity (Wildman–Crippen MR) is 125 cm³/mol. The van der Waals surface area contributed by atoms with E-state index in [2.05, 4.69) is 0 Å². The normalized spacial score (nSPS) is 14.5. The first-order chi connectivity index (χ1) is 17.5. The average molecular weight is 486 g/mol. The number of allylic oxidation sites excluding steroid dienone is 1. The lowest BCUT2D eigenvalue weighted by molar-refractivity contribution is 0.0691. The topological polar surface area (TPSA) is 147 Å². The Morgan fingerprint density at radius 2 is 1.81 bits per heavy atom. The van der Waals surface area contributed by atoms with Crippen LogP contribution < -0.4 is 30.3 Å². The Bertz CT molecular complexity index is 1600. The van der Waals surface area contributed by atoms with Gasteiger partial charge in [-0.2, -0.15) is 5.26 Å². The first kappa shape index (κ1) is 22.6. The molecule has 0 amide bonds. The van der Waals surface area contributed by atoms with Crippen LogP contribution in [0.5, 0.6) is 23.0 Å². The molecule has 1 atom stereocenters. The molecule has 10 heteroatoms. The van der Waals surface area contributed by atoms with Crippen LogP contribution in [0.3, 0.4) is 0 Å². The molecule has 0 saturated carbocycles. The number of furan rings is 1. The number of nitrogens with zero attached hydrogens (tertiary/aromatic N) is 1. The highest BCUT2D eigenvalue weighted by Crippen LogP contribution is 2.47. The molecule has 2 N–H and O–H groups in total. The summed E-state index contributed by atoms with van der Waals surface area (Å²) >= 11 is 0. The van der Waals surface area contributed by atoms with Crippen LogP contribution in [0.25, 0.3) is 11.0 Å². The molecule has 0 aliphatic carbocycles. The molecule has 0 radical (unpaired) electrons. The molecule has 1 unspecified atom stereocenters. The number of fused-ring (bicyclic) bond motifs is 3. The number of methoxy groups -OCH3 is 2. The van der Waals surface area contributed by atoms with Gasteiger partial charge in [0.05, 0.1) is 37.4 Å². The second-order valence-electron chi connectivity index (χ2n) is 7.67. The molecule has 1 aliphatic heterocycles. The number of hydrogen-bond acceptors (Lipinski definition) is 10. The molecular weight excluding hydrogens is 468 g/mol. The van der Waals surface area contributed by atoms with Crippen molar-refractivity contribution in [1.82, 2.24) is 0 Å². The van der Waals surface area contributed by atoms with Gasteiger partial charge < -0.3 is 33.5 Å². The highest BCUT2D eigenvalue weighted by molar-refractivity contribution is 5.89. The third-order valence-corrected chi connectivity index (χ3v) is 5.71. The number of hydrogen-bond donors (Lipinski definition) is 1. The second-order valence-corrected chi connectivity index (χ2v) is 7.67. The van der Waals surface area contributed by atoms with E-state index in [0.717, 1.165) is 0 Å². The van der Waals surface area contributed by atoms with E-state index in [1.807, 2.05) is 6.07 Å². The second kappa shape index (κ2) is 8.88. The SMILES string of the molecule is COc1cc(C2C(C#N)=C(N)Oc3c2c(=O)oc2ccccc32)cc(OC)c1OC(=O)c1ccco1. The summed E-state index contributed by atoms with van der Waals surface area (Å²) < 4.78 is 32.8. The van der Waals surface area contributed by atoms with Crippen molar-refractivity contribution in [1.29, 1.82) is 5.26 Å². The molecule has 5 rings (SSSR count). The molecule has 0 spiro atoms. The van der Waals surface area contributed by atoms with Gasteiger partial charge in [-0.05, 0) is 42.0 Å². The fourth-order valence-corrected chi connectivity index (χ4v) is 4.10. The van der Waals surface area contributed by atoms with Crippen molar-refractivity contribution in [3.05, 3.63) is 93.6 Å². The van der Waals surface area contributed by atoms with E-state index in [0.29, 0.717) is 16.5 Å². The van der Waals surface area contributed by atoms with Gasteiger partial charge in [-0.1, -0.05) is 12.1 Å². The Morgan fingerprint density at radius 1 is 1.08 bits per heavy atom. The number of nitrogens with two attached hydrogens (primary N) is 1. The summed E-state index contributed by atoms with van der Waals surface area (Å²) in [5, 5.41) is 10.4. The Labute approximate surface area is 203 Å². The highest BCUT2D eigenvalue weighted by Gasteiger charge is 2.37. The van der Waals surface area contributed by atoms with Crippen molar-refractivity contribution in [2.45, 2.75) is 5.92 Å². The van der Waals surface area contributed by atoms with Crippen molar-refractivity contribution in [3.8, 4) is 29.1 Å². The minimum atomic E-state index is -0.975. The predicted octanol–water partition coefficient (Wildman–Crippen LogP) is 3.84. The molecule has 3 heterocycles. The van der Waals surface area contributed by atoms with Crippen molar-refractivity contribution >= 4 is 16.9 Å². The summed E-state index contributed by atoms with van der Waals surface area (Å²) in [6.45, 7) is 0. The van der Waals surface area contributed by atoms with Crippen LogP contribution in [-0.4, -0.2) is 20.2 Å². The summed E-state index contributed by atoms with van der Waals surface area (Å²) in [5.41, 5.74) is 6.22. The Morgan fingerprint density at radius 3 is 2.44 bits per heavy atom. The molecule has 180 valence electrons. The quantitative estimate of drug-likeness (QED) is 0.251. The van der Waals surface area contributed by atoms with Gasteiger partial charge in [0, 0.05) is 0 Å². The summed E-state index contributed by atoms with van der Waals surface area (Å²) in [6, 6.07) is 14.9. The lowest BCUT2D eigenvalue weighted by atomic mass is 9.83. The first-order valence-corrected chi connectivity index (χ1v) is 10.6. The third-order valence-electron chi connectivity index (χ3n) is 5.71. The van der Waals surface area contributed by atoms with Crippen molar-refractivity contribution in [2.24, 2.45) is 5.73 Å². The third kappa shape index (κ3) is 3.59. The van der Waals surface area contributed by atoms with Crippen molar-refractivity contribution in [2.75, 3.05) is 14.2 Å². The lowest BCUT2D eigenvalue weighted by Gasteiger charge is -2.26. The van der Waals surface area contributed by atoms with Gasteiger partial charge in [0.25, 0.3) is 0 Å². The number of rotatable bonds is 5. The number of carbonyl (C=O) groups is 1. The zero-order valence-corrected chi connectivity index (χ0v) is 19.1. The number of nitriles is 1. The largest absolute Gasteiger partial charge is 0.493 e. The smallest absolute Gasteiger partial charge is 0.379 e. The number of para-hydroxylation sites is 1. The maximum absolute atomic E-state index is 13.1. The van der Waals surface area contributed by atoms with Crippen LogP contribution in [0.2, 0.25) is 0 Å². The Kier molecular flexibility index (Phi) is 5.58. The zero-order valence-electron chi connectivity index (χ0n) is 19.1. The Hall–Kier alpha value is -5.17. The van der Waals surface area contributed by atoms with E-state index < -0.39 is 17.5 Å². The molecular formula is C26H18N2O8. The average Bonchev–Trinajstić information content (AvgIpc) is 3.43. The highest BCUT2D eigenvalue weighted by atomic mass is 16.6. The molecule has 0 fully saturated rings. The van der Waals surface area contributed by atoms with Crippen LogP contribution in [0.4, 0.5) is 0 Å². The molecule has 0 bridgehead atoms. The maximum Gasteiger partial charge on any atom is 0.379 e. The molecule has 10 nitrogen and oxygen atoms in total. The van der Waals surface area contributed by atoms with Gasteiger partial charge in [-0.15, -0.1) is 0 Å². The minimum absolute atomic E-state index is 0.00508. The van der Waals surface area contributed by atoms with E-state index in [4.69, 9.17) is 33.5 Å². The summed E-state index contributed by atoms with van der Waals surface area (Å²) in [5.74, 6) is -1.53. The van der Waals surface area contributed by atoms with Crippen molar-refractivity contribution in [3.63, 3.8) is 0 Å². The molecule has 2 aromatic carbocycles. The maximum atomic E-state index is 13.1.